The number of amides is 1. The maximum absolute atomic E-state index is 14.1. The summed E-state index contributed by atoms with van der Waals surface area (Å²) in [6.07, 6.45) is 4.10. The number of fused-ring (bicyclic) bond motifs is 3. The Morgan fingerprint density at radius 1 is 1.00 bits per heavy atom. The minimum absolute atomic E-state index is 0.0709. The maximum atomic E-state index is 14.1. The van der Waals surface area contributed by atoms with Crippen molar-refractivity contribution in [2.75, 3.05) is 24.8 Å². The van der Waals surface area contributed by atoms with Crippen LogP contribution in [0, 0.1) is 0 Å². The summed E-state index contributed by atoms with van der Waals surface area (Å²) in [4.78, 5) is 36.0. The molecule has 10 nitrogen and oxygen atoms in total. The molecule has 3 aliphatic heterocycles. The van der Waals surface area contributed by atoms with E-state index in [0.717, 1.165) is 48.0 Å². The van der Waals surface area contributed by atoms with Crippen LogP contribution in [-0.4, -0.2) is 59.1 Å². The third kappa shape index (κ3) is 6.42. The first-order valence-corrected chi connectivity index (χ1v) is 17.0. The van der Waals surface area contributed by atoms with Gasteiger partial charge in [0, 0.05) is 36.4 Å². The van der Waals surface area contributed by atoms with Crippen LogP contribution < -0.4 is 31.2 Å². The second-order valence-electron chi connectivity index (χ2n) is 15.9. The van der Waals surface area contributed by atoms with Gasteiger partial charge in [0.25, 0.3) is 5.91 Å². The molecule has 3 N–H and O–H groups in total. The number of carbonyl (C=O) groups is 1. The van der Waals surface area contributed by atoms with E-state index < -0.39 is 0 Å². The summed E-state index contributed by atoms with van der Waals surface area (Å²) in [5.41, 5.74) is 4.72. The molecule has 4 aromatic rings. The number of hydroxylamine groups is 1. The second-order valence-corrected chi connectivity index (χ2v) is 15.9. The highest BCUT2D eigenvalue weighted by atomic mass is 16.8. The molecule has 1 amide bonds. The lowest BCUT2D eigenvalue weighted by Gasteiger charge is -2.46. The monoisotopic (exact) mass is 653 g/mol. The predicted octanol–water partition coefficient (Wildman–Crippen LogP) is 6.16. The number of nitrogens with zero attached hydrogens (tertiary/aromatic N) is 2. The van der Waals surface area contributed by atoms with Crippen LogP contribution in [0.25, 0.3) is 27.4 Å². The molecule has 3 aromatic carbocycles. The lowest BCUT2D eigenvalue weighted by molar-refractivity contribution is -0.156. The Morgan fingerprint density at radius 3 is 2.42 bits per heavy atom. The smallest absolute Gasteiger partial charge is 0.257 e. The highest BCUT2D eigenvalue weighted by Crippen LogP contribution is 2.47. The Morgan fingerprint density at radius 2 is 1.71 bits per heavy atom. The first kappa shape index (κ1) is 32.6. The van der Waals surface area contributed by atoms with Crippen molar-refractivity contribution in [2.24, 2.45) is 0 Å². The summed E-state index contributed by atoms with van der Waals surface area (Å²) < 4.78 is 14.4. The molecule has 0 saturated carbocycles. The molecule has 2 saturated heterocycles. The quantitative estimate of drug-likeness (QED) is 0.109. The van der Waals surface area contributed by atoms with Gasteiger partial charge < -0.3 is 29.6 Å². The predicted molar refractivity (Wildman–Crippen MR) is 189 cm³/mol. The number of benzene rings is 3. The molecule has 1 unspecified atom stereocenters. The van der Waals surface area contributed by atoms with Crippen LogP contribution in [0.15, 0.2) is 59.5 Å². The Balaban J connectivity index is 1.26. The lowest BCUT2D eigenvalue weighted by atomic mass is 9.79. The van der Waals surface area contributed by atoms with Crippen LogP contribution in [-0.2, 0) is 9.57 Å². The third-order valence-corrected chi connectivity index (χ3v) is 9.50. The number of anilines is 1. The van der Waals surface area contributed by atoms with Crippen molar-refractivity contribution in [3.05, 3.63) is 70.5 Å². The van der Waals surface area contributed by atoms with E-state index in [0.29, 0.717) is 28.9 Å². The first-order chi connectivity index (χ1) is 22.7. The van der Waals surface area contributed by atoms with Crippen molar-refractivity contribution in [2.45, 2.75) is 96.5 Å². The Labute approximate surface area is 281 Å². The van der Waals surface area contributed by atoms with Gasteiger partial charge in [-0.3, -0.25) is 14.4 Å². The molecule has 10 heteroatoms. The van der Waals surface area contributed by atoms with Gasteiger partial charge in [0.15, 0.2) is 18.3 Å². The van der Waals surface area contributed by atoms with E-state index in [1.165, 1.54) is 0 Å². The van der Waals surface area contributed by atoms with Crippen molar-refractivity contribution < 1.29 is 19.1 Å². The fraction of sp³-hybridized carbons (Fsp3) is 0.474. The van der Waals surface area contributed by atoms with Crippen LogP contribution in [0.4, 0.5) is 5.69 Å². The Kier molecular flexibility index (Phi) is 8.06. The molecule has 0 spiro atoms. The minimum Gasteiger partial charge on any atom is -0.451 e. The molecule has 0 bridgehead atoms. The van der Waals surface area contributed by atoms with Crippen molar-refractivity contribution in [1.82, 2.24) is 20.7 Å². The first-order valence-electron chi connectivity index (χ1n) is 17.0. The standard InChI is InChI=1S/C38H47N5O5/c1-36(2,3)46-22-47-40-25-14-15-42(20-25)29-13-12-27-32-34(29)48-31-17-24-11-9-8-10-23(24)16-30(31)43(32)21-28(33(27)44)35(45)39-26-18-37(4,5)41-38(6,7)19-26/h8-13,16-17,21,25-26,40-41H,14-15,18-20,22H2,1-7H3,(H,39,45). The number of ether oxygens (including phenoxy) is 2. The molecule has 1 aromatic heterocycles. The second kappa shape index (κ2) is 11.9. The van der Waals surface area contributed by atoms with Gasteiger partial charge in [-0.1, -0.05) is 24.3 Å². The molecule has 48 heavy (non-hydrogen) atoms. The van der Waals surface area contributed by atoms with Crippen LogP contribution in [0.3, 0.4) is 0 Å². The van der Waals surface area contributed by atoms with Crippen molar-refractivity contribution in [3.8, 4) is 17.2 Å². The van der Waals surface area contributed by atoms with Crippen LogP contribution in [0.5, 0.6) is 11.5 Å². The third-order valence-electron chi connectivity index (χ3n) is 9.50. The zero-order chi connectivity index (χ0) is 34.0. The molecule has 254 valence electrons. The van der Waals surface area contributed by atoms with E-state index in [1.54, 1.807) is 6.20 Å². The van der Waals surface area contributed by atoms with Gasteiger partial charge in [-0.2, -0.15) is 5.48 Å². The zero-order valence-corrected chi connectivity index (χ0v) is 29.0. The van der Waals surface area contributed by atoms with Gasteiger partial charge in [0.1, 0.15) is 11.1 Å². The van der Waals surface area contributed by atoms with Gasteiger partial charge >= 0.3 is 0 Å². The van der Waals surface area contributed by atoms with Gasteiger partial charge in [-0.25, -0.2) is 0 Å². The SMILES string of the molecule is CC1(C)CC(NC(=O)c2cn3c4c(c(N5CCC(NOCOC(C)(C)C)C5)ccc4c2=O)Oc2cc4ccccc4cc2-3)CC(C)(C)N1. The minimum atomic E-state index is -0.354. The summed E-state index contributed by atoms with van der Waals surface area (Å²) in [6, 6.07) is 16.0. The molecule has 1 atom stereocenters. The molecule has 4 heterocycles. The average Bonchev–Trinajstić information content (AvgIpc) is 3.46. The number of aromatic nitrogens is 1. The normalized spacial score (nSPS) is 20.1. The Bertz CT molecular complexity index is 1940. The number of carbonyl (C=O) groups excluding carboxylic acids is 1. The number of hydrogen-bond acceptors (Lipinski definition) is 8. The van der Waals surface area contributed by atoms with E-state index in [1.807, 2.05) is 55.7 Å². The van der Waals surface area contributed by atoms with E-state index in [-0.39, 0.29) is 52.5 Å². The highest BCUT2D eigenvalue weighted by Gasteiger charge is 2.39. The molecule has 0 aliphatic carbocycles. The Hall–Kier alpha value is -3.96. The summed E-state index contributed by atoms with van der Waals surface area (Å²) >= 11 is 0. The van der Waals surface area contributed by atoms with Crippen molar-refractivity contribution >= 4 is 33.3 Å². The van der Waals surface area contributed by atoms with Gasteiger partial charge in [-0.05, 0) is 103 Å². The number of pyridine rings is 1. The topological polar surface area (TPSA) is 106 Å². The maximum Gasteiger partial charge on any atom is 0.257 e. The van der Waals surface area contributed by atoms with E-state index in [4.69, 9.17) is 14.3 Å². The summed E-state index contributed by atoms with van der Waals surface area (Å²) in [5, 5.41) is 9.42. The fourth-order valence-corrected chi connectivity index (χ4v) is 7.79. The van der Waals surface area contributed by atoms with Crippen LogP contribution in [0.1, 0.15) is 78.1 Å². The number of nitrogens with one attached hydrogen (secondary N) is 3. The molecule has 0 radical (unpaired) electrons. The molecular formula is C38H47N5O5. The largest absolute Gasteiger partial charge is 0.451 e. The van der Waals surface area contributed by atoms with Crippen LogP contribution >= 0.6 is 0 Å². The van der Waals surface area contributed by atoms with Crippen LogP contribution in [0.2, 0.25) is 0 Å². The van der Waals surface area contributed by atoms with Gasteiger partial charge in [-0.15, -0.1) is 0 Å². The average molecular weight is 654 g/mol. The van der Waals surface area contributed by atoms with Crippen molar-refractivity contribution in [1.29, 1.82) is 0 Å². The van der Waals surface area contributed by atoms with Gasteiger partial charge in [0.05, 0.1) is 28.4 Å². The molecule has 3 aliphatic rings. The summed E-state index contributed by atoms with van der Waals surface area (Å²) in [5.74, 6) is 0.926. The molecule has 7 rings (SSSR count). The lowest BCUT2D eigenvalue weighted by Crippen LogP contribution is -2.62. The highest BCUT2D eigenvalue weighted by molar-refractivity contribution is 6.02. The summed E-state index contributed by atoms with van der Waals surface area (Å²) in [7, 11) is 0. The van der Waals surface area contributed by atoms with E-state index in [2.05, 4.69) is 66.9 Å². The fourth-order valence-electron chi connectivity index (χ4n) is 7.79. The van der Waals surface area contributed by atoms with Crippen molar-refractivity contribution in [3.63, 3.8) is 0 Å². The number of hydrogen-bond donors (Lipinski definition) is 3. The van der Waals surface area contributed by atoms with Gasteiger partial charge in [0.2, 0.25) is 5.43 Å². The van der Waals surface area contributed by atoms with E-state index >= 15 is 0 Å². The van der Waals surface area contributed by atoms with E-state index in [9.17, 15) is 9.59 Å². The summed E-state index contributed by atoms with van der Waals surface area (Å²) in [6.45, 7) is 16.2. The molecule has 2 fully saturated rings. The number of rotatable bonds is 7. The number of piperidine rings is 1. The molecular weight excluding hydrogens is 606 g/mol. The zero-order valence-electron chi connectivity index (χ0n) is 29.0.